The Morgan fingerprint density at radius 1 is 0.800 bits per heavy atom. The third-order valence-electron chi connectivity index (χ3n) is 8.64. The van der Waals surface area contributed by atoms with Gasteiger partial charge in [-0.15, -0.1) is 0 Å². The average Bonchev–Trinajstić information content (AvgIpc) is 2.64. The molecular formula is C21H38N4. The first kappa shape index (κ1) is 17.6. The smallest absolute Gasteiger partial charge is 0.188 e. The van der Waals surface area contributed by atoms with Gasteiger partial charge in [-0.25, -0.2) is 0 Å². The molecule has 4 N–H and O–H groups in total. The number of nitrogens with two attached hydrogens (primary N) is 1. The van der Waals surface area contributed by atoms with Crippen LogP contribution in [0.5, 0.6) is 0 Å². The number of rotatable bonds is 1. The van der Waals surface area contributed by atoms with Gasteiger partial charge in [-0.05, 0) is 87.1 Å². The molecular weight excluding hydrogens is 308 g/mol. The van der Waals surface area contributed by atoms with Gasteiger partial charge < -0.3 is 16.0 Å². The van der Waals surface area contributed by atoms with Crippen molar-refractivity contribution in [3.8, 4) is 0 Å². The zero-order chi connectivity index (χ0) is 17.3. The molecule has 4 heteroatoms. The van der Waals surface area contributed by atoms with Crippen LogP contribution >= 0.6 is 0 Å². The number of nitrogens with zero attached hydrogens (tertiary/aromatic N) is 1. The highest BCUT2D eigenvalue weighted by atomic mass is 15.2. The van der Waals surface area contributed by atoms with Gasteiger partial charge in [-0.2, -0.15) is 0 Å². The van der Waals surface area contributed by atoms with E-state index in [4.69, 9.17) is 11.1 Å². The van der Waals surface area contributed by atoms with Crippen LogP contribution < -0.4 is 11.1 Å². The molecule has 0 radical (unpaired) electrons. The van der Waals surface area contributed by atoms with Crippen LogP contribution in [0, 0.1) is 28.1 Å². The molecule has 0 aromatic heterocycles. The molecule has 2 spiro atoms. The Morgan fingerprint density at radius 3 is 1.84 bits per heavy atom. The lowest BCUT2D eigenvalue weighted by Gasteiger charge is -2.58. The van der Waals surface area contributed by atoms with Crippen molar-refractivity contribution in [3.05, 3.63) is 0 Å². The summed E-state index contributed by atoms with van der Waals surface area (Å²) >= 11 is 0. The van der Waals surface area contributed by atoms with Crippen LogP contribution in [0.15, 0.2) is 0 Å². The van der Waals surface area contributed by atoms with Crippen molar-refractivity contribution in [2.75, 3.05) is 26.2 Å². The number of piperidine rings is 2. The van der Waals surface area contributed by atoms with Crippen LogP contribution in [-0.2, 0) is 0 Å². The van der Waals surface area contributed by atoms with Gasteiger partial charge in [0.1, 0.15) is 0 Å². The molecule has 4 aliphatic rings. The molecule has 0 amide bonds. The van der Waals surface area contributed by atoms with Gasteiger partial charge in [0.05, 0.1) is 0 Å². The molecule has 0 aromatic rings. The van der Waals surface area contributed by atoms with Crippen LogP contribution in [0.4, 0.5) is 0 Å². The monoisotopic (exact) mass is 346 g/mol. The second kappa shape index (κ2) is 7.09. The summed E-state index contributed by atoms with van der Waals surface area (Å²) in [4.78, 5) is 2.11. The second-order valence-corrected chi connectivity index (χ2v) is 9.55. The third-order valence-corrected chi connectivity index (χ3v) is 8.64. The number of nitrogens with one attached hydrogen (secondary N) is 2. The van der Waals surface area contributed by atoms with Crippen molar-refractivity contribution in [1.82, 2.24) is 10.2 Å². The van der Waals surface area contributed by atoms with Crippen LogP contribution in [0.3, 0.4) is 0 Å². The van der Waals surface area contributed by atoms with Crippen molar-refractivity contribution in [2.24, 2.45) is 28.4 Å². The molecule has 2 saturated heterocycles. The predicted molar refractivity (Wildman–Crippen MR) is 104 cm³/mol. The average molecular weight is 347 g/mol. The summed E-state index contributed by atoms with van der Waals surface area (Å²) in [5.41, 5.74) is 6.99. The molecule has 2 aliphatic carbocycles. The summed E-state index contributed by atoms with van der Waals surface area (Å²) in [6, 6.07) is 0. The maximum atomic E-state index is 7.79. The van der Waals surface area contributed by atoms with Crippen molar-refractivity contribution < 1.29 is 0 Å². The number of guanidine groups is 1. The first-order valence-corrected chi connectivity index (χ1v) is 11.0. The maximum absolute atomic E-state index is 7.79. The lowest BCUT2D eigenvalue weighted by molar-refractivity contribution is -0.0753. The molecule has 4 nitrogen and oxygen atoms in total. The molecule has 2 saturated carbocycles. The largest absolute Gasteiger partial charge is 0.370 e. The summed E-state index contributed by atoms with van der Waals surface area (Å²) in [7, 11) is 0. The van der Waals surface area contributed by atoms with Gasteiger partial charge >= 0.3 is 0 Å². The lowest BCUT2D eigenvalue weighted by atomic mass is 9.49. The third kappa shape index (κ3) is 3.20. The van der Waals surface area contributed by atoms with E-state index in [1.54, 1.807) is 0 Å². The Morgan fingerprint density at radius 2 is 1.32 bits per heavy atom. The highest BCUT2D eigenvalue weighted by Crippen LogP contribution is 2.60. The van der Waals surface area contributed by atoms with Crippen molar-refractivity contribution in [2.45, 2.75) is 77.0 Å². The van der Waals surface area contributed by atoms with E-state index >= 15 is 0 Å². The Balaban J connectivity index is 1.57. The second-order valence-electron chi connectivity index (χ2n) is 9.55. The van der Waals surface area contributed by atoms with Gasteiger partial charge in [0, 0.05) is 13.1 Å². The van der Waals surface area contributed by atoms with E-state index in [-0.39, 0.29) is 5.96 Å². The molecule has 4 fully saturated rings. The van der Waals surface area contributed by atoms with Crippen LogP contribution in [0.25, 0.3) is 0 Å². The normalized spacial score (nSPS) is 35.0. The SMILES string of the molecule is N=C(N)N1CCC2(CCCCC2C2CCCCC23CCNCC3)CC1. The summed E-state index contributed by atoms with van der Waals surface area (Å²) in [5, 5.41) is 11.4. The highest BCUT2D eigenvalue weighted by molar-refractivity contribution is 5.74. The zero-order valence-electron chi connectivity index (χ0n) is 16.0. The Kier molecular flexibility index (Phi) is 5.00. The van der Waals surface area contributed by atoms with Gasteiger partial charge in [0.2, 0.25) is 0 Å². The predicted octanol–water partition coefficient (Wildman–Crippen LogP) is 3.71. The minimum atomic E-state index is 0.287. The van der Waals surface area contributed by atoms with E-state index in [1.165, 1.54) is 90.1 Å². The molecule has 4 rings (SSSR count). The molecule has 2 heterocycles. The van der Waals surface area contributed by atoms with E-state index in [1.807, 2.05) is 0 Å². The van der Waals surface area contributed by atoms with Crippen molar-refractivity contribution >= 4 is 5.96 Å². The van der Waals surface area contributed by atoms with E-state index < -0.39 is 0 Å². The summed E-state index contributed by atoms with van der Waals surface area (Å²) < 4.78 is 0. The van der Waals surface area contributed by atoms with Gasteiger partial charge in [-0.3, -0.25) is 5.41 Å². The van der Waals surface area contributed by atoms with Gasteiger partial charge in [0.25, 0.3) is 0 Å². The molecule has 0 bridgehead atoms. The summed E-state index contributed by atoms with van der Waals surface area (Å²) in [6.07, 6.45) is 17.1. The fraction of sp³-hybridized carbons (Fsp3) is 0.952. The van der Waals surface area contributed by atoms with Crippen molar-refractivity contribution in [1.29, 1.82) is 5.41 Å². The van der Waals surface area contributed by atoms with Crippen LogP contribution in [0.2, 0.25) is 0 Å². The van der Waals surface area contributed by atoms with E-state index in [0.717, 1.165) is 24.9 Å². The molecule has 0 aromatic carbocycles. The fourth-order valence-electron chi connectivity index (χ4n) is 7.28. The lowest BCUT2D eigenvalue weighted by Crippen LogP contribution is -2.54. The molecule has 2 aliphatic heterocycles. The first-order chi connectivity index (χ1) is 12.2. The minimum absolute atomic E-state index is 0.287. The standard InChI is InChI=1S/C21H38N4/c22-19(23)25-15-11-21(12-16-25)8-4-2-6-18(21)17-5-1-3-7-20(17)9-13-24-14-10-20/h17-18,24H,1-16H2,(H3,22,23). The first-order valence-electron chi connectivity index (χ1n) is 11.0. The van der Waals surface area contributed by atoms with Crippen molar-refractivity contribution in [3.63, 3.8) is 0 Å². The van der Waals surface area contributed by atoms with E-state index in [2.05, 4.69) is 10.2 Å². The Labute approximate surface area is 153 Å². The number of hydrogen-bond donors (Lipinski definition) is 3. The van der Waals surface area contributed by atoms with Crippen LogP contribution in [-0.4, -0.2) is 37.0 Å². The summed E-state index contributed by atoms with van der Waals surface area (Å²) in [5.74, 6) is 2.19. The maximum Gasteiger partial charge on any atom is 0.188 e. The van der Waals surface area contributed by atoms with Gasteiger partial charge in [-0.1, -0.05) is 25.7 Å². The highest BCUT2D eigenvalue weighted by Gasteiger charge is 2.52. The molecule has 142 valence electrons. The number of hydrogen-bond acceptors (Lipinski definition) is 2. The Hall–Kier alpha value is -0.770. The molecule has 2 unspecified atom stereocenters. The zero-order valence-corrected chi connectivity index (χ0v) is 16.0. The van der Waals surface area contributed by atoms with Crippen LogP contribution in [0.1, 0.15) is 77.0 Å². The molecule has 2 atom stereocenters. The summed E-state index contributed by atoms with van der Waals surface area (Å²) in [6.45, 7) is 4.53. The fourth-order valence-corrected chi connectivity index (χ4v) is 7.28. The van der Waals surface area contributed by atoms with E-state index in [0.29, 0.717) is 10.8 Å². The minimum Gasteiger partial charge on any atom is -0.370 e. The van der Waals surface area contributed by atoms with Gasteiger partial charge in [0.15, 0.2) is 5.96 Å². The topological polar surface area (TPSA) is 65.1 Å². The number of likely N-dealkylation sites (tertiary alicyclic amines) is 1. The molecule has 25 heavy (non-hydrogen) atoms. The Bertz CT molecular complexity index is 466. The quantitative estimate of drug-likeness (QED) is 0.501. The van der Waals surface area contributed by atoms with E-state index in [9.17, 15) is 0 Å².